The van der Waals surface area contributed by atoms with Crippen LogP contribution in [0.2, 0.25) is 0 Å². The average Bonchev–Trinajstić information content (AvgIpc) is 2.20. The van der Waals surface area contributed by atoms with Gasteiger partial charge in [0.05, 0.1) is 11.4 Å². The molecule has 0 saturated carbocycles. The second-order valence-electron chi connectivity index (χ2n) is 3.39. The topological polar surface area (TPSA) is 55.1 Å². The minimum absolute atomic E-state index is 0.0189. The number of nitrogens with two attached hydrogens (primary N) is 1. The summed E-state index contributed by atoms with van der Waals surface area (Å²) in [4.78, 5) is 11.5. The van der Waals surface area contributed by atoms with E-state index >= 15 is 0 Å². The molecule has 0 radical (unpaired) electrons. The molecular weight excluding hydrogens is 176 g/mol. The summed E-state index contributed by atoms with van der Waals surface area (Å²) in [6.45, 7) is 3.88. The molecule has 3 heteroatoms. The molecule has 0 saturated heterocycles. The fourth-order valence-electron chi connectivity index (χ4n) is 1.05. The van der Waals surface area contributed by atoms with Crippen molar-refractivity contribution < 1.29 is 4.79 Å². The van der Waals surface area contributed by atoms with E-state index in [4.69, 9.17) is 5.73 Å². The van der Waals surface area contributed by atoms with Gasteiger partial charge >= 0.3 is 0 Å². The maximum absolute atomic E-state index is 11.5. The largest absolute Gasteiger partial charge is 0.397 e. The highest BCUT2D eigenvalue weighted by molar-refractivity contribution is 5.95. The number of anilines is 2. The standard InChI is InChI=1S/C11H16N2O/c1-3-8(2)11(14)13-10-7-5-4-6-9(10)12/h4-8H,3,12H2,1-2H3,(H,13,14). The lowest BCUT2D eigenvalue weighted by Gasteiger charge is -2.11. The zero-order valence-corrected chi connectivity index (χ0v) is 8.58. The molecule has 76 valence electrons. The van der Waals surface area contributed by atoms with Crippen molar-refractivity contribution >= 4 is 17.3 Å². The predicted octanol–water partition coefficient (Wildman–Crippen LogP) is 2.25. The summed E-state index contributed by atoms with van der Waals surface area (Å²) < 4.78 is 0. The molecule has 0 aliphatic heterocycles. The van der Waals surface area contributed by atoms with Crippen LogP contribution in [-0.2, 0) is 4.79 Å². The minimum Gasteiger partial charge on any atom is -0.397 e. The van der Waals surface area contributed by atoms with Gasteiger partial charge in [-0.2, -0.15) is 0 Å². The lowest BCUT2D eigenvalue weighted by Crippen LogP contribution is -2.20. The molecule has 1 atom stereocenters. The lowest BCUT2D eigenvalue weighted by atomic mass is 10.1. The molecule has 1 aromatic carbocycles. The van der Waals surface area contributed by atoms with Gasteiger partial charge in [0.25, 0.3) is 0 Å². The van der Waals surface area contributed by atoms with E-state index in [1.807, 2.05) is 26.0 Å². The number of nitrogen functional groups attached to an aromatic ring is 1. The molecule has 1 aromatic rings. The van der Waals surface area contributed by atoms with Crippen molar-refractivity contribution in [2.75, 3.05) is 11.1 Å². The van der Waals surface area contributed by atoms with Gasteiger partial charge in [-0.3, -0.25) is 4.79 Å². The summed E-state index contributed by atoms with van der Waals surface area (Å²) in [5, 5.41) is 2.80. The number of benzene rings is 1. The average molecular weight is 192 g/mol. The first-order valence-corrected chi connectivity index (χ1v) is 4.80. The third-order valence-corrected chi connectivity index (χ3v) is 2.28. The number of para-hydroxylation sites is 2. The van der Waals surface area contributed by atoms with Crippen LogP contribution in [0.25, 0.3) is 0 Å². The first kappa shape index (κ1) is 10.6. The van der Waals surface area contributed by atoms with Crippen molar-refractivity contribution in [2.45, 2.75) is 20.3 Å². The Bertz CT molecular complexity index is 323. The Balaban J connectivity index is 2.70. The highest BCUT2D eigenvalue weighted by Gasteiger charge is 2.11. The fraction of sp³-hybridized carbons (Fsp3) is 0.364. The van der Waals surface area contributed by atoms with Gasteiger partial charge in [-0.05, 0) is 18.6 Å². The van der Waals surface area contributed by atoms with Gasteiger partial charge < -0.3 is 11.1 Å². The molecule has 0 fully saturated rings. The Morgan fingerprint density at radius 3 is 2.71 bits per heavy atom. The summed E-state index contributed by atoms with van der Waals surface area (Å²) in [6.07, 6.45) is 0.832. The third kappa shape index (κ3) is 2.49. The smallest absolute Gasteiger partial charge is 0.227 e. The number of hydrogen-bond acceptors (Lipinski definition) is 2. The molecule has 0 heterocycles. The van der Waals surface area contributed by atoms with E-state index < -0.39 is 0 Å². The maximum Gasteiger partial charge on any atom is 0.227 e. The highest BCUT2D eigenvalue weighted by Crippen LogP contribution is 2.17. The fourth-order valence-corrected chi connectivity index (χ4v) is 1.05. The quantitative estimate of drug-likeness (QED) is 0.722. The van der Waals surface area contributed by atoms with Crippen molar-refractivity contribution in [3.8, 4) is 0 Å². The maximum atomic E-state index is 11.5. The summed E-state index contributed by atoms with van der Waals surface area (Å²) >= 11 is 0. The lowest BCUT2D eigenvalue weighted by molar-refractivity contribution is -0.119. The molecule has 3 nitrogen and oxygen atoms in total. The molecule has 1 rings (SSSR count). The van der Waals surface area contributed by atoms with E-state index in [-0.39, 0.29) is 11.8 Å². The number of carbonyl (C=O) groups excluding carboxylic acids is 1. The van der Waals surface area contributed by atoms with Gasteiger partial charge in [-0.15, -0.1) is 0 Å². The first-order chi connectivity index (χ1) is 6.65. The van der Waals surface area contributed by atoms with E-state index in [0.29, 0.717) is 11.4 Å². The predicted molar refractivity (Wildman–Crippen MR) is 58.9 cm³/mol. The van der Waals surface area contributed by atoms with Crippen LogP contribution in [0.15, 0.2) is 24.3 Å². The van der Waals surface area contributed by atoms with Crippen molar-refractivity contribution in [1.82, 2.24) is 0 Å². The van der Waals surface area contributed by atoms with Gasteiger partial charge in [-0.25, -0.2) is 0 Å². The minimum atomic E-state index is 0.0189. The SMILES string of the molecule is CCC(C)C(=O)Nc1ccccc1N. The van der Waals surface area contributed by atoms with Crippen molar-refractivity contribution in [2.24, 2.45) is 5.92 Å². The Labute approximate surface area is 84.3 Å². The van der Waals surface area contributed by atoms with Gasteiger partial charge in [0, 0.05) is 5.92 Å². The Hall–Kier alpha value is -1.51. The van der Waals surface area contributed by atoms with Crippen molar-refractivity contribution in [3.05, 3.63) is 24.3 Å². The Morgan fingerprint density at radius 1 is 1.50 bits per heavy atom. The van der Waals surface area contributed by atoms with Gasteiger partial charge in [0.15, 0.2) is 0 Å². The van der Waals surface area contributed by atoms with Crippen molar-refractivity contribution in [1.29, 1.82) is 0 Å². The molecule has 0 bridgehead atoms. The number of rotatable bonds is 3. The van der Waals surface area contributed by atoms with Gasteiger partial charge in [-0.1, -0.05) is 26.0 Å². The molecule has 1 amide bonds. The summed E-state index contributed by atoms with van der Waals surface area (Å²) in [6, 6.07) is 7.26. The van der Waals surface area contributed by atoms with E-state index in [1.54, 1.807) is 12.1 Å². The molecule has 0 aliphatic rings. The van der Waals surface area contributed by atoms with Gasteiger partial charge in [0.2, 0.25) is 5.91 Å². The summed E-state index contributed by atoms with van der Waals surface area (Å²) in [7, 11) is 0. The normalized spacial score (nSPS) is 12.1. The van der Waals surface area contributed by atoms with Crippen LogP contribution in [0.4, 0.5) is 11.4 Å². The number of hydrogen-bond donors (Lipinski definition) is 2. The monoisotopic (exact) mass is 192 g/mol. The third-order valence-electron chi connectivity index (χ3n) is 2.28. The summed E-state index contributed by atoms with van der Waals surface area (Å²) in [5.74, 6) is 0.0417. The first-order valence-electron chi connectivity index (χ1n) is 4.80. The van der Waals surface area contributed by atoms with Crippen LogP contribution in [-0.4, -0.2) is 5.91 Å². The molecule has 0 aromatic heterocycles. The van der Waals surface area contributed by atoms with E-state index in [2.05, 4.69) is 5.32 Å². The highest BCUT2D eigenvalue weighted by atomic mass is 16.1. The van der Waals surface area contributed by atoms with E-state index in [1.165, 1.54) is 0 Å². The van der Waals surface area contributed by atoms with Crippen molar-refractivity contribution in [3.63, 3.8) is 0 Å². The molecule has 1 unspecified atom stereocenters. The summed E-state index contributed by atoms with van der Waals surface area (Å²) in [5.41, 5.74) is 6.99. The Morgan fingerprint density at radius 2 is 2.14 bits per heavy atom. The molecule has 3 N–H and O–H groups in total. The van der Waals surface area contributed by atoms with E-state index in [9.17, 15) is 4.79 Å². The van der Waals surface area contributed by atoms with E-state index in [0.717, 1.165) is 6.42 Å². The van der Waals surface area contributed by atoms with Gasteiger partial charge in [0.1, 0.15) is 0 Å². The number of amides is 1. The molecule has 0 aliphatic carbocycles. The molecular formula is C11H16N2O. The Kier molecular flexibility index (Phi) is 3.51. The second kappa shape index (κ2) is 4.65. The van der Waals surface area contributed by atoms with Crippen LogP contribution in [0.5, 0.6) is 0 Å². The van der Waals surface area contributed by atoms with Crippen LogP contribution >= 0.6 is 0 Å². The number of nitrogens with one attached hydrogen (secondary N) is 1. The zero-order chi connectivity index (χ0) is 10.6. The second-order valence-corrected chi connectivity index (χ2v) is 3.39. The van der Waals surface area contributed by atoms with Crippen LogP contribution < -0.4 is 11.1 Å². The van der Waals surface area contributed by atoms with Crippen LogP contribution in [0, 0.1) is 5.92 Å². The van der Waals surface area contributed by atoms with Crippen LogP contribution in [0.1, 0.15) is 20.3 Å². The zero-order valence-electron chi connectivity index (χ0n) is 8.58. The molecule has 0 spiro atoms. The number of carbonyl (C=O) groups is 1. The van der Waals surface area contributed by atoms with Crippen LogP contribution in [0.3, 0.4) is 0 Å². The molecule has 14 heavy (non-hydrogen) atoms.